The lowest BCUT2D eigenvalue weighted by atomic mass is 10.3. The number of fused-ring (bicyclic) bond motifs is 1. The summed E-state index contributed by atoms with van der Waals surface area (Å²) in [5.74, 6) is 0. The smallest absolute Gasteiger partial charge is 0.323 e. The van der Waals surface area contributed by atoms with Gasteiger partial charge in [-0.3, -0.25) is 8.87 Å². The summed E-state index contributed by atoms with van der Waals surface area (Å²) in [7, 11) is -9.05. The summed E-state index contributed by atoms with van der Waals surface area (Å²) in [6.45, 7) is 1.81. The Morgan fingerprint density at radius 3 is 2.37 bits per heavy atom. The maximum Gasteiger partial charge on any atom is 0.345 e. The minimum atomic E-state index is -4.71. The van der Waals surface area contributed by atoms with Crippen molar-refractivity contribution in [1.29, 1.82) is 0 Å². The normalized spacial score (nSPS) is 12.5. The van der Waals surface area contributed by atoms with Gasteiger partial charge in [0.15, 0.2) is 0 Å². The number of halogens is 2. The number of aromatic nitrogens is 1. The lowest BCUT2D eigenvalue weighted by Gasteiger charge is -2.25. The summed E-state index contributed by atoms with van der Waals surface area (Å²) in [6, 6.07) is 8.28. The van der Waals surface area contributed by atoms with Gasteiger partial charge in [-0.15, -0.1) is 11.3 Å². The molecule has 0 unspecified atom stereocenters. The molecule has 12 heteroatoms. The number of rotatable bonds is 5. The third-order valence-electron chi connectivity index (χ3n) is 3.50. The van der Waals surface area contributed by atoms with Gasteiger partial charge in [0.25, 0.3) is 10.0 Å². The molecule has 144 valence electrons. The van der Waals surface area contributed by atoms with Crippen molar-refractivity contribution in [3.63, 3.8) is 0 Å². The van der Waals surface area contributed by atoms with E-state index in [-0.39, 0.29) is 20.6 Å². The van der Waals surface area contributed by atoms with Crippen LogP contribution in [-0.4, -0.2) is 29.5 Å². The van der Waals surface area contributed by atoms with Crippen molar-refractivity contribution in [3.8, 4) is 0 Å². The van der Waals surface area contributed by atoms with Crippen molar-refractivity contribution in [2.24, 2.45) is 0 Å². The topological polar surface area (TPSA) is 108 Å². The second kappa shape index (κ2) is 7.33. The number of anilines is 1. The van der Waals surface area contributed by atoms with Crippen LogP contribution in [0.3, 0.4) is 0 Å². The van der Waals surface area contributed by atoms with Crippen LogP contribution >= 0.6 is 42.1 Å². The molecular formula is C15H13Cl2N2O5PS2. The fourth-order valence-electron chi connectivity index (χ4n) is 2.45. The first-order valence-electron chi connectivity index (χ1n) is 7.36. The van der Waals surface area contributed by atoms with Crippen LogP contribution in [0.4, 0.5) is 5.69 Å². The third kappa shape index (κ3) is 4.63. The van der Waals surface area contributed by atoms with Crippen LogP contribution in [0.15, 0.2) is 41.3 Å². The molecule has 0 bridgehead atoms. The Balaban J connectivity index is 2.18. The number of thiazole rings is 1. The van der Waals surface area contributed by atoms with E-state index < -0.39 is 23.9 Å². The Morgan fingerprint density at radius 1 is 1.15 bits per heavy atom. The second-order valence-electron chi connectivity index (χ2n) is 5.65. The lowest BCUT2D eigenvalue weighted by Crippen LogP contribution is -2.32. The molecule has 0 aliphatic rings. The summed E-state index contributed by atoms with van der Waals surface area (Å²) in [5, 5.41) is 0.963. The van der Waals surface area contributed by atoms with Crippen LogP contribution in [0.1, 0.15) is 5.01 Å². The van der Waals surface area contributed by atoms with E-state index in [9.17, 15) is 22.8 Å². The zero-order valence-electron chi connectivity index (χ0n) is 13.7. The van der Waals surface area contributed by atoms with Crippen molar-refractivity contribution < 1.29 is 22.8 Å². The van der Waals surface area contributed by atoms with Crippen LogP contribution in [0.25, 0.3) is 10.2 Å². The van der Waals surface area contributed by atoms with Crippen molar-refractivity contribution in [3.05, 3.63) is 51.5 Å². The molecule has 0 fully saturated rings. The average Bonchev–Trinajstić information content (AvgIpc) is 2.89. The molecule has 0 amide bonds. The van der Waals surface area contributed by atoms with Gasteiger partial charge in [-0.1, -0.05) is 23.2 Å². The first kappa shape index (κ1) is 20.5. The molecule has 2 aromatic carbocycles. The molecule has 0 aliphatic heterocycles. The Bertz CT molecular complexity index is 1160. The van der Waals surface area contributed by atoms with Gasteiger partial charge in [-0.05, 0) is 43.3 Å². The largest absolute Gasteiger partial charge is 0.345 e. The maximum atomic E-state index is 13.1. The Labute approximate surface area is 169 Å². The molecule has 0 radical (unpaired) electrons. The highest BCUT2D eigenvalue weighted by Gasteiger charge is 2.32. The molecule has 27 heavy (non-hydrogen) atoms. The minimum Gasteiger partial charge on any atom is -0.323 e. The van der Waals surface area contributed by atoms with Crippen LogP contribution in [0, 0.1) is 6.92 Å². The van der Waals surface area contributed by atoms with Crippen molar-refractivity contribution in [2.75, 3.05) is 10.6 Å². The van der Waals surface area contributed by atoms with E-state index >= 15 is 0 Å². The first-order valence-corrected chi connectivity index (χ1v) is 12.2. The van der Waals surface area contributed by atoms with E-state index in [1.165, 1.54) is 41.7 Å². The lowest BCUT2D eigenvalue weighted by molar-refractivity contribution is 0.373. The zero-order chi connectivity index (χ0) is 20.0. The SMILES string of the molecule is Cc1nc2ccc(N(CP(=O)(O)O)S(=O)(=O)c3cc(Cl)cc(Cl)c3)cc2s1. The Kier molecular flexibility index (Phi) is 5.58. The van der Waals surface area contributed by atoms with Gasteiger partial charge in [0.1, 0.15) is 6.29 Å². The maximum absolute atomic E-state index is 13.1. The van der Waals surface area contributed by atoms with E-state index in [1.54, 1.807) is 6.07 Å². The van der Waals surface area contributed by atoms with Crippen molar-refractivity contribution >= 4 is 68.1 Å². The summed E-state index contributed by atoms with van der Waals surface area (Å²) in [6.07, 6.45) is -1.03. The van der Waals surface area contributed by atoms with Gasteiger partial charge in [0, 0.05) is 10.0 Å². The highest BCUT2D eigenvalue weighted by molar-refractivity contribution is 7.93. The highest BCUT2D eigenvalue weighted by Crippen LogP contribution is 2.40. The third-order valence-corrected chi connectivity index (χ3v) is 7.47. The van der Waals surface area contributed by atoms with Gasteiger partial charge >= 0.3 is 7.60 Å². The summed E-state index contributed by atoms with van der Waals surface area (Å²) in [4.78, 5) is 22.9. The van der Waals surface area contributed by atoms with E-state index in [4.69, 9.17) is 23.2 Å². The van der Waals surface area contributed by atoms with E-state index in [1.807, 2.05) is 6.92 Å². The number of hydrogen-bond donors (Lipinski definition) is 2. The number of sulfonamides is 1. The van der Waals surface area contributed by atoms with Gasteiger partial charge in [0.05, 0.1) is 25.8 Å². The van der Waals surface area contributed by atoms with Gasteiger partial charge in [0.2, 0.25) is 0 Å². The average molecular weight is 467 g/mol. The fraction of sp³-hybridized carbons (Fsp3) is 0.133. The van der Waals surface area contributed by atoms with Crippen LogP contribution in [-0.2, 0) is 14.6 Å². The van der Waals surface area contributed by atoms with E-state index in [0.29, 0.717) is 14.5 Å². The van der Waals surface area contributed by atoms with E-state index in [0.717, 1.165) is 5.01 Å². The molecule has 0 saturated heterocycles. The molecule has 0 spiro atoms. The predicted molar refractivity (Wildman–Crippen MR) is 107 cm³/mol. The summed E-state index contributed by atoms with van der Waals surface area (Å²) < 4.78 is 39.2. The van der Waals surface area contributed by atoms with Gasteiger partial charge in [-0.2, -0.15) is 0 Å². The molecule has 2 N–H and O–H groups in total. The van der Waals surface area contributed by atoms with Crippen molar-refractivity contribution in [1.82, 2.24) is 4.98 Å². The molecule has 0 aliphatic carbocycles. The molecule has 3 aromatic rings. The van der Waals surface area contributed by atoms with Crippen LogP contribution in [0.5, 0.6) is 0 Å². The second-order valence-corrected chi connectivity index (χ2v) is 11.2. The number of hydrogen-bond acceptors (Lipinski definition) is 5. The van der Waals surface area contributed by atoms with Crippen molar-refractivity contribution in [2.45, 2.75) is 11.8 Å². The molecule has 7 nitrogen and oxygen atoms in total. The monoisotopic (exact) mass is 466 g/mol. The molecular weight excluding hydrogens is 454 g/mol. The fourth-order valence-corrected chi connectivity index (χ4v) is 6.72. The molecule has 1 heterocycles. The predicted octanol–water partition coefficient (Wildman–Crippen LogP) is 4.24. The molecule has 0 saturated carbocycles. The van der Waals surface area contributed by atoms with Crippen LogP contribution < -0.4 is 4.31 Å². The van der Waals surface area contributed by atoms with Gasteiger partial charge in [-0.25, -0.2) is 13.4 Å². The highest BCUT2D eigenvalue weighted by atomic mass is 35.5. The Morgan fingerprint density at radius 2 is 1.78 bits per heavy atom. The van der Waals surface area contributed by atoms with Gasteiger partial charge < -0.3 is 9.79 Å². The molecule has 0 atom stereocenters. The quantitative estimate of drug-likeness (QED) is 0.544. The summed E-state index contributed by atoms with van der Waals surface area (Å²) >= 11 is 13.1. The van der Waals surface area contributed by atoms with Crippen LogP contribution in [0.2, 0.25) is 10.0 Å². The summed E-state index contributed by atoms with van der Waals surface area (Å²) in [5.41, 5.74) is 0.770. The number of nitrogens with zero attached hydrogens (tertiary/aromatic N) is 2. The number of benzene rings is 2. The van der Waals surface area contributed by atoms with E-state index in [2.05, 4.69) is 4.98 Å². The first-order chi connectivity index (χ1) is 12.5. The standard InChI is InChI=1S/C15H13Cl2N2O5PS2/c1-9-18-14-3-2-12(7-15(14)26-9)19(8-25(20,21)22)27(23,24)13-5-10(16)4-11(17)6-13/h2-7H,8H2,1H3,(H2,20,21,22). The molecule has 1 aromatic heterocycles. The Hall–Kier alpha value is -1.19. The zero-order valence-corrected chi connectivity index (χ0v) is 17.7. The number of aryl methyl sites for hydroxylation is 1. The molecule has 3 rings (SSSR count). The minimum absolute atomic E-state index is 0.0886.